The number of aromatic hydroxyl groups is 3. The van der Waals surface area contributed by atoms with E-state index in [0.29, 0.717) is 47.3 Å². The van der Waals surface area contributed by atoms with Crippen LogP contribution in [0.4, 0.5) is 5.82 Å². The van der Waals surface area contributed by atoms with E-state index in [1.54, 1.807) is 24.0 Å². The number of anilines is 1. The summed E-state index contributed by atoms with van der Waals surface area (Å²) in [5.41, 5.74) is 9.09. The number of likely N-dealkylation sites (tertiary alicyclic amines) is 1. The number of nitrogen functional groups attached to an aromatic ring is 1. The van der Waals surface area contributed by atoms with Crippen molar-refractivity contribution in [2.24, 2.45) is 13.0 Å². The van der Waals surface area contributed by atoms with Crippen molar-refractivity contribution in [1.82, 2.24) is 33.8 Å². The lowest BCUT2D eigenvalue weighted by atomic mass is 9.92. The number of nitrogens with zero attached hydrogens (tertiary/aromatic N) is 7. The van der Waals surface area contributed by atoms with Gasteiger partial charge < -0.3 is 35.1 Å². The van der Waals surface area contributed by atoms with Crippen molar-refractivity contribution >= 4 is 22.6 Å². The molecule has 12 nitrogen and oxygen atoms in total. The molecule has 1 saturated heterocycles. The summed E-state index contributed by atoms with van der Waals surface area (Å²) >= 11 is 0. The summed E-state index contributed by atoms with van der Waals surface area (Å²) < 4.78 is 5.38. The lowest BCUT2D eigenvalue weighted by Crippen LogP contribution is -2.39. The number of nitrogens with two attached hydrogens (primary N) is 1. The summed E-state index contributed by atoms with van der Waals surface area (Å²) in [6, 6.07) is 10.6. The summed E-state index contributed by atoms with van der Waals surface area (Å²) in [7, 11) is 1.78. The van der Waals surface area contributed by atoms with Crippen molar-refractivity contribution in [2.75, 3.05) is 18.8 Å². The molecule has 5 aromatic rings. The predicted molar refractivity (Wildman–Crippen MR) is 167 cm³/mol. The Morgan fingerprint density at radius 2 is 1.82 bits per heavy atom. The Kier molecular flexibility index (Phi) is 7.66. The van der Waals surface area contributed by atoms with Crippen LogP contribution in [0.5, 0.6) is 17.5 Å². The summed E-state index contributed by atoms with van der Waals surface area (Å²) in [5, 5.41) is 40.6. The first-order valence-electron chi connectivity index (χ1n) is 15.0. The Morgan fingerprint density at radius 3 is 2.52 bits per heavy atom. The van der Waals surface area contributed by atoms with Gasteiger partial charge in [-0.2, -0.15) is 0 Å². The molecular weight excluding hydrogens is 560 g/mol. The van der Waals surface area contributed by atoms with Gasteiger partial charge in [0.2, 0.25) is 0 Å². The third kappa shape index (κ3) is 5.31. The molecule has 1 fully saturated rings. The molecule has 3 aromatic heterocycles. The third-order valence-electron chi connectivity index (χ3n) is 8.77. The number of hydrogen-bond acceptors (Lipinski definition) is 8. The van der Waals surface area contributed by atoms with E-state index in [2.05, 4.69) is 25.9 Å². The fourth-order valence-electron chi connectivity index (χ4n) is 6.17. The average Bonchev–Trinajstić information content (AvgIpc) is 3.69. The SMILES string of the molecule is CC(C)c1cc(-c2nnc(O)n2-c2ccc3c(ccn3CCCC3CCN(C(=O)c4ncn(C)c4N)CC3)c2)c(O)cc1O. The average molecular weight is 599 g/mol. The molecular formula is C32H38N8O4. The number of phenols is 2. The van der Waals surface area contributed by atoms with Crippen molar-refractivity contribution < 1.29 is 20.1 Å². The zero-order chi connectivity index (χ0) is 31.1. The minimum absolute atomic E-state index is 0.00563. The topological polar surface area (TPSA) is 160 Å². The van der Waals surface area contributed by atoms with Crippen LogP contribution in [0.3, 0.4) is 0 Å². The lowest BCUT2D eigenvalue weighted by Gasteiger charge is -2.31. The molecule has 0 unspecified atom stereocenters. The summed E-state index contributed by atoms with van der Waals surface area (Å²) in [6.07, 6.45) is 7.68. The Morgan fingerprint density at radius 1 is 1.05 bits per heavy atom. The van der Waals surface area contributed by atoms with E-state index in [4.69, 9.17) is 5.73 Å². The van der Waals surface area contributed by atoms with E-state index in [-0.39, 0.29) is 35.2 Å². The smallest absolute Gasteiger partial charge is 0.319 e. The van der Waals surface area contributed by atoms with Gasteiger partial charge in [-0.25, -0.2) is 9.55 Å². The van der Waals surface area contributed by atoms with Crippen LogP contribution < -0.4 is 5.73 Å². The first-order valence-corrected chi connectivity index (χ1v) is 15.0. The number of carbonyl (C=O) groups excluding carboxylic acids is 1. The van der Waals surface area contributed by atoms with Gasteiger partial charge in [-0.05, 0) is 73.4 Å². The molecule has 0 saturated carbocycles. The normalized spacial score (nSPS) is 14.2. The number of imidazole rings is 1. The van der Waals surface area contributed by atoms with Crippen LogP contribution in [0.15, 0.2) is 48.9 Å². The van der Waals surface area contributed by atoms with E-state index < -0.39 is 0 Å². The molecule has 0 aliphatic carbocycles. The molecule has 0 atom stereocenters. The first kappa shape index (κ1) is 29.1. The zero-order valence-corrected chi connectivity index (χ0v) is 25.2. The van der Waals surface area contributed by atoms with E-state index in [1.807, 2.05) is 43.0 Å². The molecule has 2 aromatic carbocycles. The second kappa shape index (κ2) is 11.6. The van der Waals surface area contributed by atoms with Gasteiger partial charge in [0.25, 0.3) is 5.91 Å². The molecule has 5 N–H and O–H groups in total. The van der Waals surface area contributed by atoms with Gasteiger partial charge in [-0.1, -0.05) is 18.9 Å². The summed E-state index contributed by atoms with van der Waals surface area (Å²) in [5.74, 6) is 1.03. The number of amides is 1. The zero-order valence-electron chi connectivity index (χ0n) is 25.2. The number of rotatable bonds is 8. The second-order valence-electron chi connectivity index (χ2n) is 12.0. The highest BCUT2D eigenvalue weighted by molar-refractivity contribution is 5.96. The van der Waals surface area contributed by atoms with Crippen molar-refractivity contribution in [3.63, 3.8) is 0 Å². The van der Waals surface area contributed by atoms with Gasteiger partial charge in [0.05, 0.1) is 17.6 Å². The van der Waals surface area contributed by atoms with Gasteiger partial charge in [0.15, 0.2) is 11.5 Å². The van der Waals surface area contributed by atoms with Crippen molar-refractivity contribution in [1.29, 1.82) is 0 Å². The molecule has 12 heteroatoms. The highest BCUT2D eigenvalue weighted by Crippen LogP contribution is 2.39. The lowest BCUT2D eigenvalue weighted by molar-refractivity contribution is 0.0681. The minimum atomic E-state index is -0.298. The number of phenolic OH excluding ortho intramolecular Hbond substituents is 2. The molecule has 230 valence electrons. The minimum Gasteiger partial charge on any atom is -0.508 e. The van der Waals surface area contributed by atoms with E-state index in [9.17, 15) is 20.1 Å². The molecule has 1 aliphatic heterocycles. The van der Waals surface area contributed by atoms with Gasteiger partial charge in [-0.15, -0.1) is 5.10 Å². The third-order valence-corrected chi connectivity index (χ3v) is 8.77. The van der Waals surface area contributed by atoms with Crippen LogP contribution in [-0.2, 0) is 13.6 Å². The summed E-state index contributed by atoms with van der Waals surface area (Å²) in [6.45, 7) is 6.20. The Labute approximate surface area is 255 Å². The molecule has 0 bridgehead atoms. The molecule has 1 aliphatic rings. The number of aryl methyl sites for hydroxylation is 2. The highest BCUT2D eigenvalue weighted by Gasteiger charge is 2.26. The van der Waals surface area contributed by atoms with Crippen molar-refractivity contribution in [2.45, 2.75) is 52.0 Å². The maximum atomic E-state index is 12.8. The molecule has 4 heterocycles. The van der Waals surface area contributed by atoms with Crippen LogP contribution in [0.1, 0.15) is 61.5 Å². The number of carbonyl (C=O) groups is 1. The van der Waals surface area contributed by atoms with Crippen LogP contribution in [0.25, 0.3) is 28.0 Å². The van der Waals surface area contributed by atoms with Crippen LogP contribution >= 0.6 is 0 Å². The van der Waals surface area contributed by atoms with Crippen LogP contribution in [0, 0.1) is 5.92 Å². The van der Waals surface area contributed by atoms with E-state index >= 15 is 0 Å². The molecule has 1 amide bonds. The largest absolute Gasteiger partial charge is 0.508 e. The molecule has 44 heavy (non-hydrogen) atoms. The molecule has 0 spiro atoms. The maximum absolute atomic E-state index is 12.8. The van der Waals surface area contributed by atoms with Gasteiger partial charge >= 0.3 is 6.01 Å². The standard InChI is InChI=1S/C32H38N8O4/c1-19(2)23-16-24(27(42)17-26(23)41)30-35-36-32(44)40(30)22-6-7-25-21(15-22)10-14-38(25)11-4-5-20-8-12-39(13-9-20)31(43)28-29(33)37(3)18-34-28/h6-7,10,14-20,41-42H,4-5,8-9,11-13,33H2,1-3H3,(H,36,44). The second-order valence-corrected chi connectivity index (χ2v) is 12.0. The molecule has 0 radical (unpaired) electrons. The summed E-state index contributed by atoms with van der Waals surface area (Å²) in [4.78, 5) is 18.9. The molecule has 6 rings (SSSR count). The quantitative estimate of drug-likeness (QED) is 0.199. The number of piperidine rings is 1. The van der Waals surface area contributed by atoms with Crippen molar-refractivity contribution in [3.8, 4) is 34.6 Å². The number of fused-ring (bicyclic) bond motifs is 1. The van der Waals surface area contributed by atoms with Crippen molar-refractivity contribution in [3.05, 3.63) is 60.2 Å². The fourth-order valence-corrected chi connectivity index (χ4v) is 6.17. The Bertz CT molecular complexity index is 1830. The highest BCUT2D eigenvalue weighted by atomic mass is 16.3. The van der Waals surface area contributed by atoms with Gasteiger partial charge in [0.1, 0.15) is 17.3 Å². The predicted octanol–water partition coefficient (Wildman–Crippen LogP) is 4.78. The van der Waals surface area contributed by atoms with Crippen LogP contribution in [0.2, 0.25) is 0 Å². The van der Waals surface area contributed by atoms with Crippen LogP contribution in [-0.4, -0.2) is 68.1 Å². The first-order chi connectivity index (χ1) is 21.1. The van der Waals surface area contributed by atoms with E-state index in [0.717, 1.165) is 43.1 Å². The van der Waals surface area contributed by atoms with E-state index in [1.165, 1.54) is 10.6 Å². The fraction of sp³-hybridized carbons (Fsp3) is 0.375. The number of hydrogen-bond donors (Lipinski definition) is 4. The monoisotopic (exact) mass is 598 g/mol. The maximum Gasteiger partial charge on any atom is 0.319 e. The van der Waals surface area contributed by atoms with Gasteiger partial charge in [-0.3, -0.25) is 4.79 Å². The Hall–Kier alpha value is -5.00. The number of aromatic nitrogens is 6. The Balaban J connectivity index is 1.11. The van der Waals surface area contributed by atoms with Gasteiger partial charge in [0, 0.05) is 49.8 Å². The number of benzene rings is 2.